The van der Waals surface area contributed by atoms with Gasteiger partial charge in [0.05, 0.1) is 0 Å². The van der Waals surface area contributed by atoms with Gasteiger partial charge in [0, 0.05) is 32.7 Å². The predicted molar refractivity (Wildman–Crippen MR) is 99.1 cm³/mol. The molecule has 1 fully saturated rings. The van der Waals surface area contributed by atoms with Gasteiger partial charge in [0.15, 0.2) is 0 Å². The summed E-state index contributed by atoms with van der Waals surface area (Å²) in [7, 11) is 8.09. The Bertz CT molecular complexity index is 505. The summed E-state index contributed by atoms with van der Waals surface area (Å²) in [6, 6.07) is 11.1. The first kappa shape index (κ1) is 18.7. The first-order valence-electron chi connectivity index (χ1n) is 8.88. The molecular weight excluding hydrogens is 300 g/mol. The molecule has 0 bridgehead atoms. The van der Waals surface area contributed by atoms with E-state index in [1.807, 2.05) is 21.1 Å². The average molecular weight is 332 g/mol. The van der Waals surface area contributed by atoms with Crippen LogP contribution in [0.15, 0.2) is 30.3 Å². The van der Waals surface area contributed by atoms with Crippen molar-refractivity contribution in [2.45, 2.75) is 18.9 Å². The van der Waals surface area contributed by atoms with E-state index < -0.39 is 0 Å². The summed E-state index contributed by atoms with van der Waals surface area (Å²) in [5.74, 6) is 0.456. The first-order chi connectivity index (χ1) is 11.5. The molecule has 2 amide bonds. The number of nitrogens with zero attached hydrogens (tertiary/aromatic N) is 3. The van der Waals surface area contributed by atoms with Gasteiger partial charge in [0.1, 0.15) is 0 Å². The lowest BCUT2D eigenvalue weighted by Crippen LogP contribution is -2.45. The average Bonchev–Trinajstić information content (AvgIpc) is 2.58. The first-order valence-corrected chi connectivity index (χ1v) is 8.88. The normalized spacial score (nSPS) is 21.7. The molecule has 5 nitrogen and oxygen atoms in total. The van der Waals surface area contributed by atoms with Crippen molar-refractivity contribution in [2.24, 2.45) is 5.92 Å². The zero-order valence-corrected chi connectivity index (χ0v) is 15.5. The van der Waals surface area contributed by atoms with E-state index in [9.17, 15) is 4.79 Å². The summed E-state index contributed by atoms with van der Waals surface area (Å²) in [4.78, 5) is 18.6. The molecule has 0 spiro atoms. The summed E-state index contributed by atoms with van der Waals surface area (Å²) >= 11 is 0. The lowest BCUT2D eigenvalue weighted by molar-refractivity contribution is 0.118. The fourth-order valence-electron chi connectivity index (χ4n) is 3.46. The van der Waals surface area contributed by atoms with Crippen LogP contribution in [0.2, 0.25) is 0 Å². The molecule has 1 saturated heterocycles. The summed E-state index contributed by atoms with van der Waals surface area (Å²) in [5.41, 5.74) is 1.35. The van der Waals surface area contributed by atoms with E-state index in [0.717, 1.165) is 32.6 Å². The molecule has 1 aliphatic rings. The number of hydrogen-bond acceptors (Lipinski definition) is 3. The highest BCUT2D eigenvalue weighted by Crippen LogP contribution is 2.34. The molecule has 0 aliphatic carbocycles. The maximum Gasteiger partial charge on any atom is 0.317 e. The van der Waals surface area contributed by atoms with E-state index in [1.165, 1.54) is 12.0 Å². The van der Waals surface area contributed by atoms with Gasteiger partial charge in [-0.25, -0.2) is 4.79 Å². The second kappa shape index (κ2) is 9.04. The number of urea groups is 1. The van der Waals surface area contributed by atoms with Crippen LogP contribution >= 0.6 is 0 Å². The van der Waals surface area contributed by atoms with Crippen LogP contribution in [0.1, 0.15) is 24.4 Å². The number of amides is 2. The molecule has 0 aromatic heterocycles. The molecule has 5 heteroatoms. The minimum atomic E-state index is 0.0249. The maximum atomic E-state index is 12.3. The van der Waals surface area contributed by atoms with E-state index in [-0.39, 0.29) is 6.03 Å². The van der Waals surface area contributed by atoms with Gasteiger partial charge in [-0.2, -0.15) is 0 Å². The van der Waals surface area contributed by atoms with Crippen LogP contribution in [0, 0.1) is 5.92 Å². The number of rotatable bonds is 6. The Balaban J connectivity index is 1.93. The largest absolute Gasteiger partial charge is 0.338 e. The lowest BCUT2D eigenvalue weighted by atomic mass is 9.85. The number of likely N-dealkylation sites (N-methyl/N-ethyl adjacent to an activating group) is 2. The van der Waals surface area contributed by atoms with E-state index in [4.69, 9.17) is 0 Å². The van der Waals surface area contributed by atoms with Gasteiger partial charge in [-0.15, -0.1) is 0 Å². The Morgan fingerprint density at radius 1 is 1.21 bits per heavy atom. The maximum absolute atomic E-state index is 12.3. The van der Waals surface area contributed by atoms with Gasteiger partial charge in [0.2, 0.25) is 0 Å². The smallest absolute Gasteiger partial charge is 0.317 e. The van der Waals surface area contributed by atoms with E-state index in [2.05, 4.69) is 52.5 Å². The van der Waals surface area contributed by atoms with Crippen molar-refractivity contribution in [1.29, 1.82) is 0 Å². The molecule has 0 unspecified atom stereocenters. The number of piperidine rings is 1. The molecule has 1 aliphatic heterocycles. The molecule has 2 rings (SSSR count). The third kappa shape index (κ3) is 5.21. The Morgan fingerprint density at radius 2 is 1.92 bits per heavy atom. The Hall–Kier alpha value is -1.59. The van der Waals surface area contributed by atoms with E-state index in [1.54, 1.807) is 4.90 Å². The quantitative estimate of drug-likeness (QED) is 0.868. The molecule has 0 radical (unpaired) electrons. The number of nitrogens with one attached hydrogen (secondary N) is 1. The van der Waals surface area contributed by atoms with Gasteiger partial charge in [-0.1, -0.05) is 30.3 Å². The van der Waals surface area contributed by atoms with Gasteiger partial charge in [0.25, 0.3) is 0 Å². The highest BCUT2D eigenvalue weighted by molar-refractivity contribution is 5.73. The summed E-state index contributed by atoms with van der Waals surface area (Å²) in [6.45, 7) is 3.47. The number of carbonyl (C=O) groups is 1. The minimum Gasteiger partial charge on any atom is -0.338 e. The molecule has 1 N–H and O–H groups in total. The van der Waals surface area contributed by atoms with Gasteiger partial charge in [-0.3, -0.25) is 4.90 Å². The second-order valence-electron chi connectivity index (χ2n) is 7.15. The van der Waals surface area contributed by atoms with Crippen molar-refractivity contribution in [3.63, 3.8) is 0 Å². The third-order valence-electron chi connectivity index (χ3n) is 4.89. The highest BCUT2D eigenvalue weighted by atomic mass is 16.2. The van der Waals surface area contributed by atoms with Crippen LogP contribution in [0.4, 0.5) is 4.79 Å². The van der Waals surface area contributed by atoms with Crippen LogP contribution in [-0.2, 0) is 0 Å². The summed E-state index contributed by atoms with van der Waals surface area (Å²) in [5, 5.41) is 3.14. The van der Waals surface area contributed by atoms with Crippen molar-refractivity contribution in [3.05, 3.63) is 35.9 Å². The minimum absolute atomic E-state index is 0.0249. The third-order valence-corrected chi connectivity index (χ3v) is 4.89. The fraction of sp³-hybridized carbons (Fsp3) is 0.632. The van der Waals surface area contributed by atoms with Crippen LogP contribution < -0.4 is 5.32 Å². The molecule has 134 valence electrons. The van der Waals surface area contributed by atoms with Crippen molar-refractivity contribution in [2.75, 3.05) is 54.4 Å². The molecule has 24 heavy (non-hydrogen) atoms. The molecule has 1 heterocycles. The molecule has 1 aromatic rings. The van der Waals surface area contributed by atoms with Crippen molar-refractivity contribution in [1.82, 2.24) is 20.0 Å². The van der Waals surface area contributed by atoms with E-state index >= 15 is 0 Å². The Morgan fingerprint density at radius 3 is 2.58 bits per heavy atom. The Kier molecular flexibility index (Phi) is 7.06. The Labute approximate surface area is 146 Å². The number of carbonyl (C=O) groups excluding carboxylic acids is 1. The highest BCUT2D eigenvalue weighted by Gasteiger charge is 2.30. The molecule has 0 saturated carbocycles. The molecule has 2 atom stereocenters. The monoisotopic (exact) mass is 332 g/mol. The van der Waals surface area contributed by atoms with Gasteiger partial charge < -0.3 is 15.1 Å². The van der Waals surface area contributed by atoms with Crippen LogP contribution in [-0.4, -0.2) is 75.1 Å². The summed E-state index contributed by atoms with van der Waals surface area (Å²) < 4.78 is 0. The topological polar surface area (TPSA) is 38.8 Å². The predicted octanol–water partition coefficient (Wildman–Crippen LogP) is 2.27. The second-order valence-corrected chi connectivity index (χ2v) is 7.15. The molecular formula is C19H32N4O. The summed E-state index contributed by atoms with van der Waals surface area (Å²) in [6.07, 6.45) is 2.35. The van der Waals surface area contributed by atoms with Crippen molar-refractivity contribution >= 4 is 6.03 Å². The fourth-order valence-corrected chi connectivity index (χ4v) is 3.46. The number of benzene rings is 1. The van der Waals surface area contributed by atoms with Crippen LogP contribution in [0.3, 0.4) is 0 Å². The standard InChI is InChI=1S/C19H32N4O/c1-21(2)13-14-23(4)19(24)20-15-17-11-8-12-22(3)18(17)16-9-6-5-7-10-16/h5-7,9-10,17-18H,8,11-15H2,1-4H3,(H,20,24)/t17-,18-/m1/s1. The van der Waals surface area contributed by atoms with Crippen LogP contribution in [0.5, 0.6) is 0 Å². The molecule has 1 aromatic carbocycles. The zero-order chi connectivity index (χ0) is 17.5. The van der Waals surface area contributed by atoms with Gasteiger partial charge in [-0.05, 0) is 52.0 Å². The van der Waals surface area contributed by atoms with Crippen LogP contribution in [0.25, 0.3) is 0 Å². The zero-order valence-electron chi connectivity index (χ0n) is 15.5. The number of likely N-dealkylation sites (tertiary alicyclic amines) is 1. The van der Waals surface area contributed by atoms with Crippen molar-refractivity contribution in [3.8, 4) is 0 Å². The van der Waals surface area contributed by atoms with Gasteiger partial charge >= 0.3 is 6.03 Å². The van der Waals surface area contributed by atoms with E-state index in [0.29, 0.717) is 12.0 Å². The number of hydrogen-bond donors (Lipinski definition) is 1. The lowest BCUT2D eigenvalue weighted by Gasteiger charge is -2.40. The van der Waals surface area contributed by atoms with Crippen molar-refractivity contribution < 1.29 is 4.79 Å². The SMILES string of the molecule is CN(C)CCN(C)C(=O)NC[C@H]1CCCN(C)[C@@H]1c1ccccc1.